The lowest BCUT2D eigenvalue weighted by atomic mass is 10.1. The van der Waals surface area contributed by atoms with Gasteiger partial charge in [0.25, 0.3) is 0 Å². The van der Waals surface area contributed by atoms with E-state index >= 15 is 0 Å². The lowest BCUT2D eigenvalue weighted by Gasteiger charge is -2.40. The van der Waals surface area contributed by atoms with Gasteiger partial charge in [0.05, 0.1) is 12.5 Å². The van der Waals surface area contributed by atoms with Crippen LogP contribution in [0.15, 0.2) is 24.7 Å². The molecule has 1 unspecified atom stereocenters. The van der Waals surface area contributed by atoms with Crippen LogP contribution in [0, 0.1) is 0 Å². The van der Waals surface area contributed by atoms with Gasteiger partial charge in [-0.15, -0.1) is 0 Å². The second-order valence-corrected chi connectivity index (χ2v) is 5.22. The van der Waals surface area contributed by atoms with Crippen LogP contribution in [0.4, 0.5) is 0 Å². The molecule has 0 aliphatic carbocycles. The fourth-order valence-electron chi connectivity index (χ4n) is 2.80. The second kappa shape index (κ2) is 6.09. The molecule has 2 aromatic rings. The zero-order chi connectivity index (χ0) is 14.7. The average molecular weight is 288 g/mol. The van der Waals surface area contributed by atoms with Gasteiger partial charge < -0.3 is 9.88 Å². The van der Waals surface area contributed by atoms with Gasteiger partial charge in [0.15, 0.2) is 0 Å². The Kier molecular flexibility index (Phi) is 4.01. The molecule has 0 aromatic carbocycles. The van der Waals surface area contributed by atoms with Crippen LogP contribution in [0.2, 0.25) is 0 Å². The summed E-state index contributed by atoms with van der Waals surface area (Å²) in [6, 6.07) is 1.98. The maximum absolute atomic E-state index is 12.4. The van der Waals surface area contributed by atoms with E-state index in [1.54, 1.807) is 12.4 Å². The lowest BCUT2D eigenvalue weighted by Crippen LogP contribution is -2.51. The van der Waals surface area contributed by atoms with Crippen molar-refractivity contribution in [2.75, 3.05) is 26.2 Å². The normalized spacial score (nSPS) is 19.9. The third-order valence-corrected chi connectivity index (χ3v) is 3.99. The minimum absolute atomic E-state index is 0.131. The van der Waals surface area contributed by atoms with Gasteiger partial charge in [0.1, 0.15) is 5.82 Å². The van der Waals surface area contributed by atoms with Crippen LogP contribution in [0.1, 0.15) is 24.5 Å². The monoisotopic (exact) mass is 288 g/mol. The van der Waals surface area contributed by atoms with Crippen molar-refractivity contribution in [2.45, 2.75) is 19.4 Å². The van der Waals surface area contributed by atoms with E-state index in [0.717, 1.165) is 31.2 Å². The molecule has 112 valence electrons. The second-order valence-electron chi connectivity index (χ2n) is 5.22. The van der Waals surface area contributed by atoms with Crippen LogP contribution in [-0.2, 0) is 11.2 Å². The summed E-state index contributed by atoms with van der Waals surface area (Å²) >= 11 is 0. The molecule has 1 aliphatic heterocycles. The highest BCUT2D eigenvalue weighted by Crippen LogP contribution is 2.22. The number of carbonyl (C=O) groups is 1. The Bertz CT molecular complexity index is 564. The van der Waals surface area contributed by atoms with Gasteiger partial charge in [-0.3, -0.25) is 14.8 Å². The molecule has 2 N–H and O–H groups in total. The highest BCUT2D eigenvalue weighted by molar-refractivity contribution is 5.78. The standard InChI is InChI=1S/C14H20N6O/c1-2-19-7-8-20(10-12(19)14-15-5-6-16-14)13(21)9-11-3-4-17-18-11/h3-6,12H,2,7-10H2,1H3,(H,15,16)(H,17,18). The number of aromatic amines is 2. The Hall–Kier alpha value is -2.15. The summed E-state index contributed by atoms with van der Waals surface area (Å²) in [6.45, 7) is 5.40. The van der Waals surface area contributed by atoms with Crippen molar-refractivity contribution >= 4 is 5.91 Å². The van der Waals surface area contributed by atoms with Crippen LogP contribution in [0.5, 0.6) is 0 Å². The zero-order valence-corrected chi connectivity index (χ0v) is 12.1. The molecular weight excluding hydrogens is 268 g/mol. The molecule has 7 heteroatoms. The molecule has 0 bridgehead atoms. The van der Waals surface area contributed by atoms with Crippen molar-refractivity contribution < 1.29 is 4.79 Å². The largest absolute Gasteiger partial charge is 0.347 e. The summed E-state index contributed by atoms with van der Waals surface area (Å²) in [4.78, 5) is 24.2. The highest BCUT2D eigenvalue weighted by atomic mass is 16.2. The molecule has 1 saturated heterocycles. The lowest BCUT2D eigenvalue weighted by molar-refractivity contribution is -0.133. The SMILES string of the molecule is CCN1CCN(C(=O)Cc2ccn[nH]2)CC1c1ncc[nH]1. The third-order valence-electron chi connectivity index (χ3n) is 3.99. The molecule has 1 amide bonds. The number of carbonyl (C=O) groups excluding carboxylic acids is 1. The summed E-state index contributed by atoms with van der Waals surface area (Å²) in [5.41, 5.74) is 0.854. The van der Waals surface area contributed by atoms with E-state index < -0.39 is 0 Å². The first kappa shape index (κ1) is 13.8. The van der Waals surface area contributed by atoms with Crippen molar-refractivity contribution in [3.8, 4) is 0 Å². The third kappa shape index (κ3) is 2.97. The van der Waals surface area contributed by atoms with Crippen molar-refractivity contribution in [1.29, 1.82) is 0 Å². The molecule has 3 heterocycles. The first-order valence-corrected chi connectivity index (χ1v) is 7.27. The van der Waals surface area contributed by atoms with E-state index in [1.165, 1.54) is 0 Å². The first-order chi connectivity index (χ1) is 10.3. The van der Waals surface area contributed by atoms with E-state index in [9.17, 15) is 4.79 Å². The van der Waals surface area contributed by atoms with E-state index in [-0.39, 0.29) is 11.9 Å². The predicted molar refractivity (Wildman–Crippen MR) is 77.4 cm³/mol. The number of imidazole rings is 1. The molecule has 1 fully saturated rings. The van der Waals surface area contributed by atoms with Crippen molar-refractivity contribution in [3.63, 3.8) is 0 Å². The molecule has 0 radical (unpaired) electrons. The number of piperazine rings is 1. The van der Waals surface area contributed by atoms with Crippen LogP contribution in [-0.4, -0.2) is 62.1 Å². The van der Waals surface area contributed by atoms with E-state index in [1.807, 2.05) is 17.2 Å². The maximum atomic E-state index is 12.4. The van der Waals surface area contributed by atoms with Gasteiger partial charge in [-0.1, -0.05) is 6.92 Å². The smallest absolute Gasteiger partial charge is 0.228 e. The van der Waals surface area contributed by atoms with Crippen LogP contribution in [0.25, 0.3) is 0 Å². The number of amides is 1. The summed E-state index contributed by atoms with van der Waals surface area (Å²) in [5, 5.41) is 6.72. The Morgan fingerprint density at radius 1 is 1.43 bits per heavy atom. The van der Waals surface area contributed by atoms with Crippen molar-refractivity contribution in [3.05, 3.63) is 36.2 Å². The maximum Gasteiger partial charge on any atom is 0.228 e. The summed E-state index contributed by atoms with van der Waals surface area (Å²) in [6.07, 6.45) is 5.63. The van der Waals surface area contributed by atoms with Crippen LogP contribution < -0.4 is 0 Å². The molecule has 1 atom stereocenters. The topological polar surface area (TPSA) is 80.9 Å². The van der Waals surface area contributed by atoms with E-state index in [2.05, 4.69) is 32.0 Å². The number of nitrogens with one attached hydrogen (secondary N) is 2. The van der Waals surface area contributed by atoms with Gasteiger partial charge in [-0.2, -0.15) is 5.10 Å². The molecule has 0 saturated carbocycles. The van der Waals surface area contributed by atoms with Crippen molar-refractivity contribution in [1.82, 2.24) is 30.0 Å². The van der Waals surface area contributed by atoms with Gasteiger partial charge >= 0.3 is 0 Å². The number of hydrogen-bond acceptors (Lipinski definition) is 4. The number of rotatable bonds is 4. The van der Waals surface area contributed by atoms with Gasteiger partial charge in [0.2, 0.25) is 5.91 Å². The Morgan fingerprint density at radius 3 is 3.00 bits per heavy atom. The fraction of sp³-hybridized carbons (Fsp3) is 0.500. The average Bonchev–Trinajstić information content (AvgIpc) is 3.19. The highest BCUT2D eigenvalue weighted by Gasteiger charge is 2.31. The van der Waals surface area contributed by atoms with Crippen LogP contribution in [0.3, 0.4) is 0 Å². The minimum Gasteiger partial charge on any atom is -0.347 e. The number of nitrogens with zero attached hydrogens (tertiary/aromatic N) is 4. The number of hydrogen-bond donors (Lipinski definition) is 2. The van der Waals surface area contributed by atoms with Crippen LogP contribution >= 0.6 is 0 Å². The van der Waals surface area contributed by atoms with Gasteiger partial charge in [-0.25, -0.2) is 4.98 Å². The number of likely N-dealkylation sites (N-methyl/N-ethyl adjacent to an activating group) is 1. The molecule has 7 nitrogen and oxygen atoms in total. The fourth-order valence-corrected chi connectivity index (χ4v) is 2.80. The molecular formula is C14H20N6O. The number of aromatic nitrogens is 4. The molecule has 21 heavy (non-hydrogen) atoms. The molecule has 2 aromatic heterocycles. The predicted octanol–water partition coefficient (Wildman–Crippen LogP) is 0.581. The van der Waals surface area contributed by atoms with E-state index in [4.69, 9.17) is 0 Å². The Morgan fingerprint density at radius 2 is 2.33 bits per heavy atom. The quantitative estimate of drug-likeness (QED) is 0.862. The molecule has 3 rings (SSSR count). The van der Waals surface area contributed by atoms with Gasteiger partial charge in [0, 0.05) is 43.9 Å². The summed E-state index contributed by atoms with van der Waals surface area (Å²) < 4.78 is 0. The molecule has 0 spiro atoms. The Balaban J connectivity index is 1.69. The zero-order valence-electron chi connectivity index (χ0n) is 12.1. The summed E-state index contributed by atoms with van der Waals surface area (Å²) in [5.74, 6) is 1.06. The minimum atomic E-state index is 0.131. The van der Waals surface area contributed by atoms with Crippen molar-refractivity contribution in [2.24, 2.45) is 0 Å². The first-order valence-electron chi connectivity index (χ1n) is 7.27. The Labute approximate surface area is 123 Å². The number of H-pyrrole nitrogens is 2. The van der Waals surface area contributed by atoms with E-state index in [0.29, 0.717) is 13.0 Å². The molecule has 1 aliphatic rings. The van der Waals surface area contributed by atoms with Gasteiger partial charge in [-0.05, 0) is 12.6 Å². The summed E-state index contributed by atoms with van der Waals surface area (Å²) in [7, 11) is 0.